The van der Waals surface area contributed by atoms with Crippen LogP contribution in [0.25, 0.3) is 0 Å². The molecule has 0 saturated heterocycles. The van der Waals surface area contributed by atoms with Crippen molar-refractivity contribution < 1.29 is 35.5 Å². The minimum absolute atomic E-state index is 1.24. The van der Waals surface area contributed by atoms with Gasteiger partial charge in [-0.15, -0.1) is 0 Å². The molecule has 9 heteroatoms. The second-order valence-corrected chi connectivity index (χ2v) is 3.96. The number of carbonyl (C=O) groups excluding carboxylic acids is 1. The van der Waals surface area contributed by atoms with Crippen molar-refractivity contribution in [1.82, 2.24) is 0 Å². The van der Waals surface area contributed by atoms with Gasteiger partial charge >= 0.3 is 11.8 Å². The van der Waals surface area contributed by atoms with Crippen LogP contribution in [0.2, 0.25) is 0 Å². The average Bonchev–Trinajstić information content (AvgIpc) is 2.28. The summed E-state index contributed by atoms with van der Waals surface area (Å²) < 4.78 is 91.8. The monoisotopic (exact) mass is 287 g/mol. The molecule has 0 unspecified atom stereocenters. The summed E-state index contributed by atoms with van der Waals surface area (Å²) in [5, 5.41) is 0. The number of primary amides is 1. The van der Waals surface area contributed by atoms with Gasteiger partial charge in [0, 0.05) is 11.1 Å². The molecule has 0 saturated carbocycles. The van der Waals surface area contributed by atoms with Crippen LogP contribution in [-0.4, -0.2) is 5.91 Å². The fourth-order valence-corrected chi connectivity index (χ4v) is 1.94. The predicted molar refractivity (Wildman–Crippen MR) is 47.0 cm³/mol. The van der Waals surface area contributed by atoms with E-state index < -0.39 is 58.3 Å². The van der Waals surface area contributed by atoms with E-state index in [9.17, 15) is 35.5 Å². The maximum atomic E-state index is 13.3. The first-order chi connectivity index (χ1) is 8.53. The topological polar surface area (TPSA) is 43.1 Å². The first kappa shape index (κ1) is 13.6. The summed E-state index contributed by atoms with van der Waals surface area (Å²) in [7, 11) is 0. The van der Waals surface area contributed by atoms with Crippen LogP contribution in [0.4, 0.5) is 30.7 Å². The Kier molecular flexibility index (Phi) is 2.59. The summed E-state index contributed by atoms with van der Waals surface area (Å²) in [6.45, 7) is 0. The molecule has 1 amide bonds. The summed E-state index contributed by atoms with van der Waals surface area (Å²) in [6, 6.07) is 0. The molecule has 0 fully saturated rings. The van der Waals surface area contributed by atoms with Gasteiger partial charge < -0.3 is 5.73 Å². The van der Waals surface area contributed by atoms with Crippen LogP contribution in [0.5, 0.6) is 0 Å². The first-order valence-corrected chi connectivity index (χ1v) is 4.77. The highest BCUT2D eigenvalue weighted by molar-refractivity contribution is 5.78. The van der Waals surface area contributed by atoms with Crippen molar-refractivity contribution in [2.24, 2.45) is 5.73 Å². The molecular weight excluding hydrogens is 283 g/mol. The van der Waals surface area contributed by atoms with Crippen molar-refractivity contribution in [3.8, 4) is 0 Å². The number of carbonyl (C=O) groups is 1. The lowest BCUT2D eigenvalue weighted by molar-refractivity contribution is -0.257. The lowest BCUT2D eigenvalue weighted by atomic mass is 9.75. The third-order valence-electron chi connectivity index (χ3n) is 2.79. The largest absolute Gasteiger partial charge is 0.369 e. The second kappa shape index (κ2) is 3.61. The number of rotatable bonds is 2. The molecule has 0 heterocycles. The number of hydrogen-bond donors (Lipinski definition) is 1. The van der Waals surface area contributed by atoms with Gasteiger partial charge in [-0.05, 0) is 0 Å². The highest BCUT2D eigenvalue weighted by atomic mass is 19.3. The number of benzene rings is 1. The quantitative estimate of drug-likeness (QED) is 0.658. The third kappa shape index (κ3) is 1.47. The van der Waals surface area contributed by atoms with Gasteiger partial charge in [0.05, 0.1) is 12.0 Å². The Bertz CT molecular complexity index is 596. The van der Waals surface area contributed by atoms with Crippen molar-refractivity contribution in [3.63, 3.8) is 0 Å². The van der Waals surface area contributed by atoms with E-state index in [0.717, 1.165) is 0 Å². The number of fused-ring (bicyclic) bond motifs is 1. The van der Waals surface area contributed by atoms with Crippen LogP contribution in [-0.2, 0) is 23.1 Å². The fraction of sp³-hybridized carbons (Fsp3) is 0.300. The predicted octanol–water partition coefficient (Wildman–Crippen LogP) is 2.33. The van der Waals surface area contributed by atoms with Gasteiger partial charge in [0.25, 0.3) is 0 Å². The van der Waals surface area contributed by atoms with E-state index in [1.54, 1.807) is 0 Å². The lowest BCUT2D eigenvalue weighted by Gasteiger charge is -2.40. The third-order valence-corrected chi connectivity index (χ3v) is 2.79. The van der Waals surface area contributed by atoms with E-state index in [1.807, 2.05) is 0 Å². The van der Waals surface area contributed by atoms with Crippen LogP contribution in [0.1, 0.15) is 16.7 Å². The second-order valence-electron chi connectivity index (χ2n) is 3.96. The molecule has 0 atom stereocenters. The molecule has 104 valence electrons. The van der Waals surface area contributed by atoms with Gasteiger partial charge in [-0.2, -0.15) is 17.6 Å². The smallest absolute Gasteiger partial charge is 0.343 e. The highest BCUT2D eigenvalue weighted by Crippen LogP contribution is 2.62. The Morgan fingerprint density at radius 3 is 1.84 bits per heavy atom. The van der Waals surface area contributed by atoms with Crippen molar-refractivity contribution in [2.45, 2.75) is 18.3 Å². The molecule has 1 aromatic carbocycles. The molecule has 19 heavy (non-hydrogen) atoms. The summed E-state index contributed by atoms with van der Waals surface area (Å²) in [6.07, 6.45) is -1.24. The van der Waals surface area contributed by atoms with Crippen LogP contribution in [0.3, 0.4) is 0 Å². The molecule has 1 aromatic rings. The molecule has 0 radical (unpaired) electrons. The number of hydrogen-bond acceptors (Lipinski definition) is 1. The molecule has 2 rings (SSSR count). The minimum Gasteiger partial charge on any atom is -0.369 e. The minimum atomic E-state index is -4.96. The molecule has 0 aromatic heterocycles. The number of halogens is 7. The van der Waals surface area contributed by atoms with Gasteiger partial charge in [0.2, 0.25) is 5.91 Å². The molecule has 0 bridgehead atoms. The van der Waals surface area contributed by atoms with Gasteiger partial charge in [-0.3, -0.25) is 4.79 Å². The van der Waals surface area contributed by atoms with Gasteiger partial charge in [0.1, 0.15) is 0 Å². The van der Waals surface area contributed by atoms with Crippen LogP contribution < -0.4 is 5.73 Å². The summed E-state index contributed by atoms with van der Waals surface area (Å²) in [5.41, 5.74) is -0.376. The van der Waals surface area contributed by atoms with E-state index in [2.05, 4.69) is 5.73 Å². The van der Waals surface area contributed by atoms with Crippen molar-refractivity contribution in [1.29, 1.82) is 0 Å². The zero-order valence-electron chi connectivity index (χ0n) is 8.84. The van der Waals surface area contributed by atoms with Crippen LogP contribution in [0.15, 0.2) is 0 Å². The highest BCUT2D eigenvalue weighted by Gasteiger charge is 2.72. The van der Waals surface area contributed by atoms with Crippen molar-refractivity contribution >= 4 is 5.91 Å². The Hall–Kier alpha value is -1.80. The molecule has 2 N–H and O–H groups in total. The Balaban J connectivity index is 2.82. The maximum Gasteiger partial charge on any atom is 0.343 e. The van der Waals surface area contributed by atoms with Crippen molar-refractivity contribution in [3.05, 3.63) is 34.1 Å². The molecule has 1 aliphatic carbocycles. The Labute approximate surface area is 101 Å². The number of alkyl halides is 4. The molecule has 1 aliphatic rings. The normalized spacial score (nSPS) is 18.7. The number of amides is 1. The van der Waals surface area contributed by atoms with E-state index in [-0.39, 0.29) is 0 Å². The molecule has 2 nitrogen and oxygen atoms in total. The summed E-state index contributed by atoms with van der Waals surface area (Å²) in [5.74, 6) is -18.1. The lowest BCUT2D eigenvalue weighted by Crippen LogP contribution is -2.50. The van der Waals surface area contributed by atoms with E-state index in [0.29, 0.717) is 0 Å². The van der Waals surface area contributed by atoms with Crippen molar-refractivity contribution in [2.75, 3.05) is 0 Å². The van der Waals surface area contributed by atoms with Crippen LogP contribution >= 0.6 is 0 Å². The molecule has 0 spiro atoms. The average molecular weight is 287 g/mol. The number of nitrogens with two attached hydrogens (primary N) is 1. The summed E-state index contributed by atoms with van der Waals surface area (Å²) in [4.78, 5) is 10.6. The van der Waals surface area contributed by atoms with Gasteiger partial charge in [-0.25, -0.2) is 13.2 Å². The van der Waals surface area contributed by atoms with E-state index in [4.69, 9.17) is 0 Å². The van der Waals surface area contributed by atoms with E-state index in [1.165, 1.54) is 0 Å². The van der Waals surface area contributed by atoms with Gasteiger partial charge in [-0.1, -0.05) is 0 Å². The zero-order valence-corrected chi connectivity index (χ0v) is 8.84. The zero-order chi connectivity index (χ0) is 14.7. The maximum absolute atomic E-state index is 13.3. The first-order valence-electron chi connectivity index (χ1n) is 4.77. The Morgan fingerprint density at radius 2 is 1.37 bits per heavy atom. The van der Waals surface area contributed by atoms with Gasteiger partial charge in [0.15, 0.2) is 17.5 Å². The standard InChI is InChI=1S/C10H4F7NO/c11-6-2(1-3(18)19)4-5(7(12)8(6)13)10(16,17)9(4,14)15/h1H2,(H2,18,19). The fourth-order valence-electron chi connectivity index (χ4n) is 1.94. The molecular formula is C10H4F7NO. The van der Waals surface area contributed by atoms with E-state index >= 15 is 0 Å². The summed E-state index contributed by atoms with van der Waals surface area (Å²) >= 11 is 0. The van der Waals surface area contributed by atoms with Crippen LogP contribution in [0, 0.1) is 17.5 Å². The Morgan fingerprint density at radius 1 is 0.895 bits per heavy atom. The molecule has 0 aliphatic heterocycles. The SMILES string of the molecule is NC(=O)Cc1c(F)c(F)c(F)c2c1C(F)(F)C2(F)F.